The molecule has 11 heteroatoms. The number of cyclic esters (lactones) is 1. The molecule has 1 aliphatic rings. The van der Waals surface area contributed by atoms with Crippen molar-refractivity contribution in [2.45, 2.75) is 12.8 Å². The van der Waals surface area contributed by atoms with Crippen LogP contribution in [-0.4, -0.2) is 21.4 Å². The molecular weight excluding hydrogens is 312 g/mol. The Labute approximate surface area is 119 Å². The molecule has 21 heavy (non-hydrogen) atoms. The Hall–Kier alpha value is -2.11. The molecular formula is C10H9ClN2O8. The van der Waals surface area contributed by atoms with Gasteiger partial charge < -0.3 is 4.74 Å². The third kappa shape index (κ3) is 7.29. The van der Waals surface area contributed by atoms with Crippen molar-refractivity contribution in [2.24, 2.45) is 4.99 Å². The van der Waals surface area contributed by atoms with Crippen LogP contribution in [0.1, 0.15) is 12.8 Å². The van der Waals surface area contributed by atoms with Crippen LogP contribution in [0.4, 0.5) is 11.4 Å². The number of carbonyl (C=O) groups excluding carboxylic acids is 1. The number of ether oxygens (including phenoxy) is 1. The second-order valence-electron chi connectivity index (χ2n) is 3.65. The van der Waals surface area contributed by atoms with Crippen LogP contribution in [0.5, 0.6) is 0 Å². The number of nitro groups is 1. The van der Waals surface area contributed by atoms with Crippen LogP contribution in [0.25, 0.3) is 0 Å². The van der Waals surface area contributed by atoms with E-state index in [1.54, 1.807) is 0 Å². The fourth-order valence-corrected chi connectivity index (χ4v) is 1.31. The van der Waals surface area contributed by atoms with Crippen molar-refractivity contribution < 1.29 is 43.3 Å². The molecule has 1 N–H and O–H groups in total. The van der Waals surface area contributed by atoms with Crippen molar-refractivity contribution in [1.82, 2.24) is 0 Å². The van der Waals surface area contributed by atoms with Gasteiger partial charge in [0, 0.05) is 18.6 Å². The van der Waals surface area contributed by atoms with Gasteiger partial charge in [0.05, 0.1) is 31.9 Å². The minimum atomic E-state index is -4.69. The zero-order valence-corrected chi connectivity index (χ0v) is 11.1. The molecule has 0 atom stereocenters. The molecule has 0 bridgehead atoms. The quantitative estimate of drug-likeness (QED) is 0.364. The van der Waals surface area contributed by atoms with Crippen molar-refractivity contribution in [2.75, 3.05) is 0 Å². The number of halogens is 1. The van der Waals surface area contributed by atoms with Gasteiger partial charge in [-0.15, -0.1) is 0 Å². The molecule has 10 nitrogen and oxygen atoms in total. The van der Waals surface area contributed by atoms with Crippen LogP contribution in [0, 0.1) is 20.4 Å². The standard InChI is InChI=1S/C10H8N2O4.ClHO4/c13-10-6-5-9(16-10)11-7-1-3-8(4-2-7)12(14)15;2-1(3,4)5/h1-4H,5-6H2;(H,2,3,4,5). The average Bonchev–Trinajstić information content (AvgIpc) is 2.73. The van der Waals surface area contributed by atoms with Gasteiger partial charge in [-0.1, -0.05) is 0 Å². The van der Waals surface area contributed by atoms with Crippen LogP contribution in [0.3, 0.4) is 0 Å². The Kier molecular flexibility index (Phi) is 5.69. The number of nitro benzene ring substituents is 1. The minimum absolute atomic E-state index is 0.00682. The largest absolute Gasteiger partial charge is 0.412 e. The predicted molar refractivity (Wildman–Crippen MR) is 57.7 cm³/mol. The van der Waals surface area contributed by atoms with E-state index in [0.717, 1.165) is 0 Å². The molecule has 1 fully saturated rings. The summed E-state index contributed by atoms with van der Waals surface area (Å²) in [5.41, 5.74) is 0.544. The van der Waals surface area contributed by atoms with E-state index < -0.39 is 15.2 Å². The maximum absolute atomic E-state index is 10.8. The van der Waals surface area contributed by atoms with Gasteiger partial charge in [0.25, 0.3) is 5.69 Å². The highest BCUT2D eigenvalue weighted by molar-refractivity contribution is 5.96. The molecule has 1 aromatic carbocycles. The molecule has 1 aromatic rings. The Balaban J connectivity index is 0.000000383. The van der Waals surface area contributed by atoms with Gasteiger partial charge in [0.1, 0.15) is 0 Å². The van der Waals surface area contributed by atoms with E-state index in [2.05, 4.69) is 4.99 Å². The Bertz CT molecular complexity index is 545. The van der Waals surface area contributed by atoms with E-state index in [-0.39, 0.29) is 11.7 Å². The lowest BCUT2D eigenvalue weighted by Crippen LogP contribution is -2.58. The predicted octanol–water partition coefficient (Wildman–Crippen LogP) is -2.16. The van der Waals surface area contributed by atoms with Gasteiger partial charge in [0.15, 0.2) is 5.90 Å². The number of aliphatic imine (C=N–C) groups is 1. The topological polar surface area (TPSA) is 171 Å². The summed E-state index contributed by atoms with van der Waals surface area (Å²) in [7, 11) is -4.69. The van der Waals surface area contributed by atoms with Crippen LogP contribution in [0.15, 0.2) is 29.3 Å². The first kappa shape index (κ1) is 16.9. The lowest BCUT2D eigenvalue weighted by atomic mass is 10.3. The summed E-state index contributed by atoms with van der Waals surface area (Å²) in [6, 6.07) is 5.74. The lowest BCUT2D eigenvalue weighted by molar-refractivity contribution is -1.92. The first-order chi connectivity index (χ1) is 9.65. The molecule has 0 amide bonds. The summed E-state index contributed by atoms with van der Waals surface area (Å²) in [6.45, 7) is 0. The van der Waals surface area contributed by atoms with Gasteiger partial charge in [-0.25, -0.2) is 4.99 Å². The number of carbonyl (C=O) groups is 1. The monoisotopic (exact) mass is 320 g/mol. The SMILES string of the molecule is O=C1CCC(=Nc2ccc([N+](=O)[O-])cc2)O1.[O-][Cl+3]([O-])([O-])O. The second kappa shape index (κ2) is 7.06. The summed E-state index contributed by atoms with van der Waals surface area (Å²) in [4.78, 5) is 24.8. The lowest BCUT2D eigenvalue weighted by Gasteiger charge is -2.03. The second-order valence-corrected chi connectivity index (χ2v) is 4.44. The van der Waals surface area contributed by atoms with Crippen LogP contribution in [0.2, 0.25) is 0 Å². The molecule has 1 saturated heterocycles. The van der Waals surface area contributed by atoms with Crippen molar-refractivity contribution >= 4 is 23.2 Å². The third-order valence-electron chi connectivity index (χ3n) is 2.09. The highest BCUT2D eigenvalue weighted by Gasteiger charge is 2.18. The number of nitrogens with zero attached hydrogens (tertiary/aromatic N) is 2. The highest BCUT2D eigenvalue weighted by Crippen LogP contribution is 2.20. The summed E-state index contributed by atoms with van der Waals surface area (Å²) in [5, 5.41) is 10.4. The molecule has 1 heterocycles. The first-order valence-corrected chi connectivity index (χ1v) is 6.57. The Morgan fingerprint density at radius 2 is 1.71 bits per heavy atom. The summed E-state index contributed by atoms with van der Waals surface area (Å²) < 4.78 is 37.5. The summed E-state index contributed by atoms with van der Waals surface area (Å²) in [6.07, 6.45) is 0.821. The number of non-ortho nitro benzene ring substituents is 1. The summed E-state index contributed by atoms with van der Waals surface area (Å²) >= 11 is 0. The molecule has 0 aromatic heterocycles. The number of hydrogen-bond donors (Lipinski definition) is 1. The van der Waals surface area contributed by atoms with Gasteiger partial charge >= 0.3 is 5.97 Å². The van der Waals surface area contributed by atoms with E-state index >= 15 is 0 Å². The zero-order valence-electron chi connectivity index (χ0n) is 10.3. The molecule has 114 valence electrons. The van der Waals surface area contributed by atoms with Crippen molar-refractivity contribution in [3.63, 3.8) is 0 Å². The number of hydrogen-bond acceptors (Lipinski definition) is 9. The van der Waals surface area contributed by atoms with Gasteiger partial charge in [-0.05, 0) is 12.1 Å². The van der Waals surface area contributed by atoms with E-state index in [9.17, 15) is 14.9 Å². The van der Waals surface area contributed by atoms with Crippen molar-refractivity contribution in [1.29, 1.82) is 0 Å². The maximum atomic E-state index is 10.8. The number of esters is 1. The van der Waals surface area contributed by atoms with Crippen LogP contribution >= 0.6 is 0 Å². The number of rotatable bonds is 2. The van der Waals surface area contributed by atoms with Gasteiger partial charge in [-0.3, -0.25) is 14.9 Å². The smallest absolute Gasteiger partial charge is 0.312 e. The van der Waals surface area contributed by atoms with E-state index in [0.29, 0.717) is 24.4 Å². The van der Waals surface area contributed by atoms with Crippen molar-refractivity contribution in [3.05, 3.63) is 34.4 Å². The van der Waals surface area contributed by atoms with Crippen LogP contribution < -0.4 is 14.0 Å². The number of benzene rings is 1. The first-order valence-electron chi connectivity index (χ1n) is 5.31. The Morgan fingerprint density at radius 1 is 1.19 bits per heavy atom. The fraction of sp³-hybridized carbons (Fsp3) is 0.200. The van der Waals surface area contributed by atoms with Gasteiger partial charge in [0.2, 0.25) is 0 Å². The van der Waals surface area contributed by atoms with E-state index in [4.69, 9.17) is 23.4 Å². The zero-order chi connectivity index (χ0) is 16.0. The molecule has 0 saturated carbocycles. The van der Waals surface area contributed by atoms with E-state index in [1.807, 2.05) is 0 Å². The Morgan fingerprint density at radius 3 is 2.10 bits per heavy atom. The molecule has 0 spiro atoms. The molecule has 2 rings (SSSR count). The van der Waals surface area contributed by atoms with E-state index in [1.165, 1.54) is 24.3 Å². The molecule has 0 unspecified atom stereocenters. The van der Waals surface area contributed by atoms with Gasteiger partial charge in [-0.2, -0.15) is 14.0 Å². The molecule has 1 aliphatic heterocycles. The fourth-order valence-electron chi connectivity index (χ4n) is 1.31. The maximum Gasteiger partial charge on any atom is 0.312 e. The minimum Gasteiger partial charge on any atom is -0.412 e. The normalized spacial score (nSPS) is 16.2. The van der Waals surface area contributed by atoms with Crippen LogP contribution in [-0.2, 0) is 9.53 Å². The summed E-state index contributed by atoms with van der Waals surface area (Å²) in [5.74, 6) is 0.0690. The third-order valence-corrected chi connectivity index (χ3v) is 2.09. The van der Waals surface area contributed by atoms with Crippen molar-refractivity contribution in [3.8, 4) is 0 Å². The average molecular weight is 321 g/mol. The highest BCUT2D eigenvalue weighted by atomic mass is 35.7. The molecule has 0 aliphatic carbocycles. The molecule has 0 radical (unpaired) electrons.